The second-order valence-corrected chi connectivity index (χ2v) is 8.48. The largest absolute Gasteiger partial charge is 0.493 e. The lowest BCUT2D eigenvalue weighted by atomic mass is 10.1. The molecular formula is C28H27ClN2O5. The number of nitrogens with zero attached hydrogens (tertiary/aromatic N) is 1. The zero-order valence-corrected chi connectivity index (χ0v) is 21.3. The fourth-order valence-electron chi connectivity index (χ4n) is 3.72. The van der Waals surface area contributed by atoms with Gasteiger partial charge in [-0.1, -0.05) is 23.7 Å². The van der Waals surface area contributed by atoms with Gasteiger partial charge in [-0.3, -0.25) is 9.78 Å². The molecule has 1 heterocycles. The topological polar surface area (TPSA) is 78.9 Å². The molecule has 0 atom stereocenters. The van der Waals surface area contributed by atoms with Gasteiger partial charge in [0.2, 0.25) is 5.91 Å². The van der Waals surface area contributed by atoms with Gasteiger partial charge in [0.05, 0.1) is 37.8 Å². The molecule has 0 radical (unpaired) electrons. The first kappa shape index (κ1) is 25.1. The van der Waals surface area contributed by atoms with Gasteiger partial charge in [0.1, 0.15) is 17.2 Å². The number of pyridine rings is 1. The molecule has 0 fully saturated rings. The summed E-state index contributed by atoms with van der Waals surface area (Å²) >= 11 is 6.09. The first-order chi connectivity index (χ1) is 17.4. The minimum atomic E-state index is -0.153. The Labute approximate surface area is 214 Å². The fourth-order valence-corrected chi connectivity index (χ4v) is 3.92. The van der Waals surface area contributed by atoms with E-state index in [1.165, 1.54) is 0 Å². The van der Waals surface area contributed by atoms with Crippen molar-refractivity contribution in [2.45, 2.75) is 20.3 Å². The highest BCUT2D eigenvalue weighted by molar-refractivity contribution is 6.32. The maximum atomic E-state index is 12.5. The van der Waals surface area contributed by atoms with E-state index in [0.29, 0.717) is 39.5 Å². The Kier molecular flexibility index (Phi) is 7.80. The molecule has 7 nitrogen and oxygen atoms in total. The summed E-state index contributed by atoms with van der Waals surface area (Å²) in [5, 5.41) is 4.26. The SMILES string of the molecule is COc1cc2nccc(Oc3ccc(NC(=O)CCOc4ccccc4Cl)c(C)c3C)c2cc1OC. The number of hydrogen-bond acceptors (Lipinski definition) is 6. The van der Waals surface area contributed by atoms with Crippen LogP contribution in [-0.4, -0.2) is 31.7 Å². The number of aromatic nitrogens is 1. The molecule has 0 aliphatic carbocycles. The molecule has 1 aromatic heterocycles. The lowest BCUT2D eigenvalue weighted by molar-refractivity contribution is -0.116. The number of fused-ring (bicyclic) bond motifs is 1. The predicted molar refractivity (Wildman–Crippen MR) is 141 cm³/mol. The van der Waals surface area contributed by atoms with E-state index < -0.39 is 0 Å². The molecule has 1 N–H and O–H groups in total. The molecule has 4 rings (SSSR count). The van der Waals surface area contributed by atoms with Crippen molar-refractivity contribution in [3.63, 3.8) is 0 Å². The Bertz CT molecular complexity index is 1410. The molecule has 3 aromatic carbocycles. The highest BCUT2D eigenvalue weighted by Gasteiger charge is 2.15. The quantitative estimate of drug-likeness (QED) is 0.271. The summed E-state index contributed by atoms with van der Waals surface area (Å²) in [7, 11) is 3.17. The third kappa shape index (κ3) is 5.47. The summed E-state index contributed by atoms with van der Waals surface area (Å²) < 4.78 is 22.7. The zero-order valence-electron chi connectivity index (χ0n) is 20.6. The maximum Gasteiger partial charge on any atom is 0.227 e. The zero-order chi connectivity index (χ0) is 25.7. The minimum Gasteiger partial charge on any atom is -0.493 e. The van der Waals surface area contributed by atoms with Crippen LogP contribution in [0.5, 0.6) is 28.7 Å². The van der Waals surface area contributed by atoms with E-state index >= 15 is 0 Å². The van der Waals surface area contributed by atoms with Crippen molar-refractivity contribution in [1.82, 2.24) is 4.98 Å². The molecule has 0 saturated carbocycles. The van der Waals surface area contributed by atoms with E-state index in [4.69, 9.17) is 30.5 Å². The van der Waals surface area contributed by atoms with Crippen molar-refractivity contribution in [3.8, 4) is 28.7 Å². The Morgan fingerprint density at radius 2 is 1.64 bits per heavy atom. The summed E-state index contributed by atoms with van der Waals surface area (Å²) in [6, 6.07) is 16.3. The number of para-hydroxylation sites is 1. The molecular weight excluding hydrogens is 480 g/mol. The van der Waals surface area contributed by atoms with E-state index in [1.54, 1.807) is 38.6 Å². The summed E-state index contributed by atoms with van der Waals surface area (Å²) in [4.78, 5) is 16.9. The van der Waals surface area contributed by atoms with Crippen molar-refractivity contribution in [1.29, 1.82) is 0 Å². The van der Waals surface area contributed by atoms with Gasteiger partial charge in [-0.05, 0) is 61.4 Å². The summed E-state index contributed by atoms with van der Waals surface area (Å²) in [6.45, 7) is 4.11. The van der Waals surface area contributed by atoms with Gasteiger partial charge in [-0.15, -0.1) is 0 Å². The van der Waals surface area contributed by atoms with Crippen LogP contribution < -0.4 is 24.3 Å². The van der Waals surface area contributed by atoms with Crippen LogP contribution in [0.15, 0.2) is 60.8 Å². The van der Waals surface area contributed by atoms with Crippen molar-refractivity contribution in [3.05, 3.63) is 76.9 Å². The number of carbonyl (C=O) groups excluding carboxylic acids is 1. The van der Waals surface area contributed by atoms with Gasteiger partial charge in [0.25, 0.3) is 0 Å². The van der Waals surface area contributed by atoms with Crippen molar-refractivity contribution in [2.75, 3.05) is 26.1 Å². The van der Waals surface area contributed by atoms with Crippen LogP contribution in [0.25, 0.3) is 10.9 Å². The molecule has 4 aromatic rings. The summed E-state index contributed by atoms with van der Waals surface area (Å²) in [5.74, 6) is 2.90. The van der Waals surface area contributed by atoms with E-state index in [-0.39, 0.29) is 18.9 Å². The number of carbonyl (C=O) groups is 1. The number of amides is 1. The average Bonchev–Trinajstić information content (AvgIpc) is 2.88. The number of rotatable bonds is 9. The van der Waals surface area contributed by atoms with E-state index in [0.717, 1.165) is 22.0 Å². The first-order valence-corrected chi connectivity index (χ1v) is 11.7. The predicted octanol–water partition coefficient (Wildman–Crippen LogP) is 6.72. The standard InChI is InChI=1S/C28H27ClN2O5/c1-17-18(2)23(36-24-11-13-30-22-16-27(34-4)26(33-3)15-19(22)24)10-9-21(17)31-28(32)12-14-35-25-8-6-5-7-20(25)29/h5-11,13,15-16H,12,14H2,1-4H3,(H,31,32). The van der Waals surface area contributed by atoms with Gasteiger partial charge >= 0.3 is 0 Å². The van der Waals surface area contributed by atoms with Crippen LogP contribution in [0.4, 0.5) is 5.69 Å². The normalized spacial score (nSPS) is 10.7. The molecule has 0 unspecified atom stereocenters. The van der Waals surface area contributed by atoms with Gasteiger partial charge in [0.15, 0.2) is 11.5 Å². The average molecular weight is 507 g/mol. The van der Waals surface area contributed by atoms with Gasteiger partial charge in [0, 0.05) is 23.3 Å². The number of methoxy groups -OCH3 is 2. The Balaban J connectivity index is 1.47. The minimum absolute atomic E-state index is 0.153. The van der Waals surface area contributed by atoms with Crippen LogP contribution >= 0.6 is 11.6 Å². The lowest BCUT2D eigenvalue weighted by Gasteiger charge is -2.16. The number of ether oxygens (including phenoxy) is 4. The number of anilines is 1. The highest BCUT2D eigenvalue weighted by Crippen LogP contribution is 2.38. The highest BCUT2D eigenvalue weighted by atomic mass is 35.5. The van der Waals surface area contributed by atoms with Crippen LogP contribution in [0.1, 0.15) is 17.5 Å². The van der Waals surface area contributed by atoms with Gasteiger partial charge in [-0.25, -0.2) is 0 Å². The third-order valence-electron chi connectivity index (χ3n) is 5.86. The van der Waals surface area contributed by atoms with Crippen LogP contribution in [-0.2, 0) is 4.79 Å². The Morgan fingerprint density at radius 3 is 2.39 bits per heavy atom. The van der Waals surface area contributed by atoms with Gasteiger partial charge < -0.3 is 24.3 Å². The Hall–Kier alpha value is -3.97. The van der Waals surface area contributed by atoms with Crippen LogP contribution in [0.3, 0.4) is 0 Å². The van der Waals surface area contributed by atoms with Gasteiger partial charge in [-0.2, -0.15) is 0 Å². The van der Waals surface area contributed by atoms with Crippen molar-refractivity contribution >= 4 is 34.1 Å². The van der Waals surface area contributed by atoms with Crippen molar-refractivity contribution < 1.29 is 23.7 Å². The molecule has 0 spiro atoms. The molecule has 0 saturated heterocycles. The fraction of sp³-hybridized carbons (Fsp3) is 0.214. The lowest BCUT2D eigenvalue weighted by Crippen LogP contribution is -2.16. The smallest absolute Gasteiger partial charge is 0.227 e. The first-order valence-electron chi connectivity index (χ1n) is 11.4. The Morgan fingerprint density at radius 1 is 0.889 bits per heavy atom. The third-order valence-corrected chi connectivity index (χ3v) is 6.17. The second-order valence-electron chi connectivity index (χ2n) is 8.07. The number of nitrogens with one attached hydrogen (secondary N) is 1. The summed E-state index contributed by atoms with van der Waals surface area (Å²) in [5.41, 5.74) is 3.26. The van der Waals surface area contributed by atoms with E-state index in [1.807, 2.05) is 50.2 Å². The second kappa shape index (κ2) is 11.2. The van der Waals surface area contributed by atoms with Crippen molar-refractivity contribution in [2.24, 2.45) is 0 Å². The molecule has 186 valence electrons. The number of hydrogen-bond donors (Lipinski definition) is 1. The monoisotopic (exact) mass is 506 g/mol. The number of halogens is 1. The van der Waals surface area contributed by atoms with E-state index in [9.17, 15) is 4.79 Å². The molecule has 1 amide bonds. The van der Waals surface area contributed by atoms with E-state index in [2.05, 4.69) is 10.3 Å². The van der Waals surface area contributed by atoms with Crippen LogP contribution in [0.2, 0.25) is 5.02 Å². The maximum absolute atomic E-state index is 12.5. The summed E-state index contributed by atoms with van der Waals surface area (Å²) in [6.07, 6.45) is 1.88. The molecule has 0 aliphatic heterocycles. The molecule has 36 heavy (non-hydrogen) atoms. The molecule has 0 bridgehead atoms. The number of benzene rings is 3. The molecule has 0 aliphatic rings. The molecule has 8 heteroatoms. The van der Waals surface area contributed by atoms with Crippen LogP contribution in [0, 0.1) is 13.8 Å².